The van der Waals surface area contributed by atoms with Crippen LogP contribution in [0.4, 0.5) is 0 Å². The second-order valence-electron chi connectivity index (χ2n) is 5.94. The number of nitrogens with zero attached hydrogens (tertiary/aromatic N) is 1. The number of amides is 1. The van der Waals surface area contributed by atoms with Gasteiger partial charge in [-0.1, -0.05) is 34.1 Å². The van der Waals surface area contributed by atoms with Gasteiger partial charge in [-0.15, -0.1) is 12.4 Å². The van der Waals surface area contributed by atoms with Crippen LogP contribution in [0.3, 0.4) is 0 Å². The molecule has 102 valence electrons. The van der Waals surface area contributed by atoms with Crippen molar-refractivity contribution in [2.24, 2.45) is 17.1 Å². The summed E-state index contributed by atoms with van der Waals surface area (Å²) in [5.74, 6) is 0.416. The van der Waals surface area contributed by atoms with Gasteiger partial charge in [-0.3, -0.25) is 4.79 Å². The molecule has 0 saturated carbocycles. The van der Waals surface area contributed by atoms with Gasteiger partial charge in [0.1, 0.15) is 0 Å². The first kappa shape index (κ1) is 16.7. The van der Waals surface area contributed by atoms with E-state index in [1.165, 1.54) is 6.42 Å². The minimum atomic E-state index is -0.320. The Hall–Kier alpha value is -0.280. The summed E-state index contributed by atoms with van der Waals surface area (Å²) in [5, 5.41) is 0. The van der Waals surface area contributed by atoms with E-state index in [2.05, 4.69) is 27.7 Å². The maximum absolute atomic E-state index is 12.2. The lowest BCUT2D eigenvalue weighted by molar-refractivity contribution is -0.136. The third-order valence-corrected chi connectivity index (χ3v) is 3.75. The zero-order chi connectivity index (χ0) is 12.3. The van der Waals surface area contributed by atoms with Gasteiger partial charge in [0.25, 0.3) is 0 Å². The number of likely N-dealkylation sites (tertiary alicyclic amines) is 1. The van der Waals surface area contributed by atoms with Gasteiger partial charge >= 0.3 is 0 Å². The van der Waals surface area contributed by atoms with Crippen LogP contribution in [-0.4, -0.2) is 29.9 Å². The van der Waals surface area contributed by atoms with Crippen molar-refractivity contribution in [3.8, 4) is 0 Å². The number of hydrogen-bond acceptors (Lipinski definition) is 2. The van der Waals surface area contributed by atoms with Gasteiger partial charge in [-0.05, 0) is 24.2 Å². The van der Waals surface area contributed by atoms with E-state index in [1.807, 2.05) is 4.90 Å². The predicted octanol–water partition coefficient (Wildman–Crippen LogP) is 2.43. The molecule has 2 atom stereocenters. The zero-order valence-electron chi connectivity index (χ0n) is 11.5. The van der Waals surface area contributed by atoms with Crippen molar-refractivity contribution in [2.75, 3.05) is 13.1 Å². The maximum Gasteiger partial charge on any atom is 0.239 e. The van der Waals surface area contributed by atoms with Crippen molar-refractivity contribution in [3.63, 3.8) is 0 Å². The molecule has 0 bridgehead atoms. The van der Waals surface area contributed by atoms with Crippen LogP contribution in [0.1, 0.15) is 47.0 Å². The molecule has 0 aromatic carbocycles. The Morgan fingerprint density at radius 2 is 2.06 bits per heavy atom. The van der Waals surface area contributed by atoms with Crippen LogP contribution in [-0.2, 0) is 4.79 Å². The van der Waals surface area contributed by atoms with Crippen molar-refractivity contribution in [2.45, 2.75) is 53.0 Å². The van der Waals surface area contributed by atoms with Crippen LogP contribution in [0.15, 0.2) is 0 Å². The van der Waals surface area contributed by atoms with Crippen LogP contribution in [0.25, 0.3) is 0 Å². The molecule has 1 aliphatic rings. The summed E-state index contributed by atoms with van der Waals surface area (Å²) in [4.78, 5) is 14.1. The predicted molar refractivity (Wildman–Crippen MR) is 74.3 cm³/mol. The molecule has 0 aromatic heterocycles. The Balaban J connectivity index is 0.00000256. The quantitative estimate of drug-likeness (QED) is 0.849. The molecule has 1 rings (SSSR count). The zero-order valence-corrected chi connectivity index (χ0v) is 12.3. The lowest BCUT2D eigenvalue weighted by atomic mass is 9.83. The Labute approximate surface area is 112 Å². The Kier molecular flexibility index (Phi) is 6.49. The second-order valence-corrected chi connectivity index (χ2v) is 5.94. The Morgan fingerprint density at radius 3 is 2.53 bits per heavy atom. The van der Waals surface area contributed by atoms with Gasteiger partial charge in [-0.2, -0.15) is 0 Å². The van der Waals surface area contributed by atoms with E-state index < -0.39 is 0 Å². The van der Waals surface area contributed by atoms with E-state index >= 15 is 0 Å². The molecule has 0 aliphatic carbocycles. The molecule has 1 fully saturated rings. The molecule has 1 saturated heterocycles. The lowest BCUT2D eigenvalue weighted by Crippen LogP contribution is -2.52. The molecule has 2 N–H and O–H groups in total. The van der Waals surface area contributed by atoms with Crippen molar-refractivity contribution < 1.29 is 4.79 Å². The molecule has 1 heterocycles. The first-order chi connectivity index (χ1) is 7.37. The number of hydrogen-bond donors (Lipinski definition) is 1. The van der Waals surface area contributed by atoms with E-state index in [0.717, 1.165) is 25.9 Å². The summed E-state index contributed by atoms with van der Waals surface area (Å²) < 4.78 is 0. The summed E-state index contributed by atoms with van der Waals surface area (Å²) in [5.41, 5.74) is 6.25. The largest absolute Gasteiger partial charge is 0.341 e. The number of rotatable bonds is 3. The smallest absolute Gasteiger partial charge is 0.239 e. The van der Waals surface area contributed by atoms with Gasteiger partial charge in [-0.25, -0.2) is 0 Å². The average Bonchev–Trinajstić information content (AvgIpc) is 2.24. The SMILES string of the molecule is CCC(C)C(N)C(=O)N1CCCC(C)(C)C1.Cl. The molecular weight excluding hydrogens is 236 g/mol. The molecule has 1 amide bonds. The molecule has 4 heteroatoms. The fourth-order valence-corrected chi connectivity index (χ4v) is 2.32. The molecule has 1 aliphatic heterocycles. The van der Waals surface area contributed by atoms with Crippen molar-refractivity contribution in [3.05, 3.63) is 0 Å². The molecule has 17 heavy (non-hydrogen) atoms. The van der Waals surface area contributed by atoms with Crippen LogP contribution < -0.4 is 5.73 Å². The van der Waals surface area contributed by atoms with E-state index in [1.54, 1.807) is 0 Å². The molecule has 3 nitrogen and oxygen atoms in total. The topological polar surface area (TPSA) is 46.3 Å². The first-order valence-electron chi connectivity index (χ1n) is 6.42. The minimum absolute atomic E-state index is 0. The third kappa shape index (κ3) is 4.47. The highest BCUT2D eigenvalue weighted by molar-refractivity contribution is 5.85. The van der Waals surface area contributed by atoms with Gasteiger partial charge in [0, 0.05) is 13.1 Å². The van der Waals surface area contributed by atoms with Crippen molar-refractivity contribution in [1.29, 1.82) is 0 Å². The highest BCUT2D eigenvalue weighted by Gasteiger charge is 2.32. The van der Waals surface area contributed by atoms with Gasteiger partial charge in [0.05, 0.1) is 6.04 Å². The Morgan fingerprint density at radius 1 is 1.47 bits per heavy atom. The summed E-state index contributed by atoms with van der Waals surface area (Å²) in [6.07, 6.45) is 3.27. The first-order valence-corrected chi connectivity index (χ1v) is 6.42. The number of halogens is 1. The van der Waals surface area contributed by atoms with Crippen molar-refractivity contribution >= 4 is 18.3 Å². The van der Waals surface area contributed by atoms with Gasteiger partial charge in [0.2, 0.25) is 5.91 Å². The minimum Gasteiger partial charge on any atom is -0.341 e. The number of nitrogens with two attached hydrogens (primary N) is 1. The van der Waals surface area contributed by atoms with Gasteiger partial charge < -0.3 is 10.6 Å². The second kappa shape index (κ2) is 6.60. The number of carbonyl (C=O) groups excluding carboxylic acids is 1. The molecule has 0 spiro atoms. The van der Waals surface area contributed by atoms with Crippen molar-refractivity contribution in [1.82, 2.24) is 4.90 Å². The molecule has 0 radical (unpaired) electrons. The van der Waals surface area contributed by atoms with Crippen LogP contribution in [0, 0.1) is 11.3 Å². The standard InChI is InChI=1S/C13H26N2O.ClH/c1-5-10(2)11(14)12(16)15-8-6-7-13(3,4)9-15;/h10-11H,5-9,14H2,1-4H3;1H. The molecule has 0 aromatic rings. The monoisotopic (exact) mass is 262 g/mol. The summed E-state index contributed by atoms with van der Waals surface area (Å²) in [6.45, 7) is 10.3. The van der Waals surface area contributed by atoms with Gasteiger partial charge in [0.15, 0.2) is 0 Å². The fraction of sp³-hybridized carbons (Fsp3) is 0.923. The molecular formula is C13H27ClN2O. The summed E-state index contributed by atoms with van der Waals surface area (Å²) >= 11 is 0. The normalized spacial score (nSPS) is 22.5. The third-order valence-electron chi connectivity index (χ3n) is 3.75. The maximum atomic E-state index is 12.2. The lowest BCUT2D eigenvalue weighted by Gasteiger charge is -2.39. The van der Waals surface area contributed by atoms with E-state index in [-0.39, 0.29) is 35.7 Å². The van der Waals surface area contributed by atoms with Crippen LogP contribution >= 0.6 is 12.4 Å². The molecule has 2 unspecified atom stereocenters. The Bertz CT molecular complexity index is 256. The average molecular weight is 263 g/mol. The summed E-state index contributed by atoms with van der Waals surface area (Å²) in [6, 6.07) is -0.320. The van der Waals surface area contributed by atoms with E-state index in [4.69, 9.17) is 5.73 Å². The van der Waals surface area contributed by atoms with E-state index in [0.29, 0.717) is 0 Å². The van der Waals surface area contributed by atoms with E-state index in [9.17, 15) is 4.79 Å². The number of piperidine rings is 1. The number of carbonyl (C=O) groups is 1. The highest BCUT2D eigenvalue weighted by Crippen LogP contribution is 2.28. The van der Waals surface area contributed by atoms with Crippen LogP contribution in [0.5, 0.6) is 0 Å². The van der Waals surface area contributed by atoms with Crippen LogP contribution in [0.2, 0.25) is 0 Å². The fourth-order valence-electron chi connectivity index (χ4n) is 2.32. The highest BCUT2D eigenvalue weighted by atomic mass is 35.5. The summed E-state index contributed by atoms with van der Waals surface area (Å²) in [7, 11) is 0.